The van der Waals surface area contributed by atoms with E-state index < -0.39 is 5.60 Å². The number of piperidine rings is 1. The molecular formula is C11H16ClNOS. The molecule has 0 unspecified atom stereocenters. The zero-order chi connectivity index (χ0) is 10.9. The Bertz CT molecular complexity index is 327. The fourth-order valence-electron chi connectivity index (χ4n) is 1.85. The van der Waals surface area contributed by atoms with Crippen LogP contribution in [0.3, 0.4) is 0 Å². The molecule has 1 aromatic heterocycles. The van der Waals surface area contributed by atoms with Crippen LogP contribution in [0.4, 0.5) is 0 Å². The van der Waals surface area contributed by atoms with E-state index in [4.69, 9.17) is 11.6 Å². The van der Waals surface area contributed by atoms with E-state index in [1.165, 1.54) is 4.88 Å². The highest BCUT2D eigenvalue weighted by Crippen LogP contribution is 2.26. The summed E-state index contributed by atoms with van der Waals surface area (Å²) in [6, 6.07) is 4.03. The quantitative estimate of drug-likeness (QED) is 0.866. The van der Waals surface area contributed by atoms with Gasteiger partial charge in [-0.15, -0.1) is 11.3 Å². The third-order valence-electron chi connectivity index (χ3n) is 2.94. The summed E-state index contributed by atoms with van der Waals surface area (Å²) in [6.07, 6.45) is 1.73. The van der Waals surface area contributed by atoms with E-state index >= 15 is 0 Å². The van der Waals surface area contributed by atoms with Crippen LogP contribution in [0, 0.1) is 0 Å². The molecule has 4 heteroatoms. The molecule has 0 aliphatic carbocycles. The predicted molar refractivity (Wildman–Crippen MR) is 64.5 cm³/mol. The number of nitrogens with zero attached hydrogens (tertiary/aromatic N) is 1. The summed E-state index contributed by atoms with van der Waals surface area (Å²) in [4.78, 5) is 3.68. The Morgan fingerprint density at radius 3 is 2.67 bits per heavy atom. The Kier molecular flexibility index (Phi) is 3.36. The van der Waals surface area contributed by atoms with Gasteiger partial charge in [-0.3, -0.25) is 4.90 Å². The van der Waals surface area contributed by atoms with Crippen LogP contribution in [0.25, 0.3) is 0 Å². The molecule has 0 radical (unpaired) electrons. The Hall–Kier alpha value is -0.0900. The van der Waals surface area contributed by atoms with Gasteiger partial charge < -0.3 is 5.11 Å². The lowest BCUT2D eigenvalue weighted by Crippen LogP contribution is -2.41. The van der Waals surface area contributed by atoms with Gasteiger partial charge in [0.15, 0.2) is 0 Å². The minimum Gasteiger partial charge on any atom is -0.390 e. The molecule has 84 valence electrons. The van der Waals surface area contributed by atoms with Crippen LogP contribution in [-0.2, 0) is 6.54 Å². The van der Waals surface area contributed by atoms with E-state index in [1.807, 2.05) is 13.0 Å². The van der Waals surface area contributed by atoms with Crippen LogP contribution in [0.2, 0.25) is 4.34 Å². The molecule has 15 heavy (non-hydrogen) atoms. The number of hydrogen-bond acceptors (Lipinski definition) is 3. The normalized spacial score (nSPS) is 21.8. The van der Waals surface area contributed by atoms with Gasteiger partial charge in [-0.2, -0.15) is 0 Å². The molecule has 2 rings (SSSR count). The van der Waals surface area contributed by atoms with E-state index in [2.05, 4.69) is 11.0 Å². The standard InChI is InChI=1S/C11H16ClNOS/c1-11(14)4-6-13(7-5-11)8-9-2-3-10(12)15-9/h2-3,14H,4-8H2,1H3. The second-order valence-electron chi connectivity index (χ2n) is 4.48. The summed E-state index contributed by atoms with van der Waals surface area (Å²) in [5.41, 5.74) is -0.455. The lowest BCUT2D eigenvalue weighted by molar-refractivity contribution is -0.00706. The molecule has 0 aromatic carbocycles. The molecule has 0 spiro atoms. The molecule has 1 N–H and O–H groups in total. The van der Waals surface area contributed by atoms with Crippen molar-refractivity contribution in [3.8, 4) is 0 Å². The van der Waals surface area contributed by atoms with Crippen molar-refractivity contribution < 1.29 is 5.11 Å². The topological polar surface area (TPSA) is 23.5 Å². The highest BCUT2D eigenvalue weighted by Gasteiger charge is 2.27. The zero-order valence-corrected chi connectivity index (χ0v) is 10.4. The Balaban J connectivity index is 1.87. The third kappa shape index (κ3) is 3.18. The SMILES string of the molecule is CC1(O)CCN(Cc2ccc(Cl)s2)CC1. The van der Waals surface area contributed by atoms with Crippen LogP contribution in [-0.4, -0.2) is 28.7 Å². The van der Waals surface area contributed by atoms with E-state index in [-0.39, 0.29) is 0 Å². The van der Waals surface area contributed by atoms with Crippen molar-refractivity contribution in [2.45, 2.75) is 31.9 Å². The highest BCUT2D eigenvalue weighted by atomic mass is 35.5. The van der Waals surface area contributed by atoms with Crippen LogP contribution >= 0.6 is 22.9 Å². The fourth-order valence-corrected chi connectivity index (χ4v) is 2.98. The summed E-state index contributed by atoms with van der Waals surface area (Å²) >= 11 is 7.53. The Morgan fingerprint density at radius 1 is 1.47 bits per heavy atom. The van der Waals surface area contributed by atoms with Crippen molar-refractivity contribution in [3.63, 3.8) is 0 Å². The monoisotopic (exact) mass is 245 g/mol. The average molecular weight is 246 g/mol. The molecule has 1 aliphatic rings. The maximum absolute atomic E-state index is 9.82. The van der Waals surface area contributed by atoms with Gasteiger partial charge in [0.1, 0.15) is 0 Å². The molecule has 0 atom stereocenters. The molecule has 2 heterocycles. The molecule has 0 bridgehead atoms. The Labute approximate surface area is 99.5 Å². The number of likely N-dealkylation sites (tertiary alicyclic amines) is 1. The average Bonchev–Trinajstić information content (AvgIpc) is 2.55. The maximum atomic E-state index is 9.82. The predicted octanol–water partition coefficient (Wildman–Crippen LogP) is 2.75. The Morgan fingerprint density at radius 2 is 2.13 bits per heavy atom. The van der Waals surface area contributed by atoms with Crippen molar-refractivity contribution in [2.24, 2.45) is 0 Å². The van der Waals surface area contributed by atoms with Gasteiger partial charge in [0, 0.05) is 24.5 Å². The maximum Gasteiger partial charge on any atom is 0.0931 e. The van der Waals surface area contributed by atoms with Gasteiger partial charge in [0.25, 0.3) is 0 Å². The largest absolute Gasteiger partial charge is 0.390 e. The first-order valence-corrected chi connectivity index (χ1v) is 6.44. The van der Waals surface area contributed by atoms with Crippen LogP contribution < -0.4 is 0 Å². The van der Waals surface area contributed by atoms with Crippen molar-refractivity contribution >= 4 is 22.9 Å². The van der Waals surface area contributed by atoms with E-state index in [0.717, 1.165) is 36.8 Å². The molecule has 2 nitrogen and oxygen atoms in total. The summed E-state index contributed by atoms with van der Waals surface area (Å²) in [6.45, 7) is 4.84. The minimum absolute atomic E-state index is 0.455. The van der Waals surface area contributed by atoms with E-state index in [1.54, 1.807) is 11.3 Å². The molecule has 1 fully saturated rings. The van der Waals surface area contributed by atoms with Crippen molar-refractivity contribution in [1.29, 1.82) is 0 Å². The lowest BCUT2D eigenvalue weighted by atomic mass is 9.94. The van der Waals surface area contributed by atoms with Crippen molar-refractivity contribution in [2.75, 3.05) is 13.1 Å². The van der Waals surface area contributed by atoms with Crippen LogP contribution in [0.5, 0.6) is 0 Å². The van der Waals surface area contributed by atoms with Gasteiger partial charge in [-0.25, -0.2) is 0 Å². The molecular weight excluding hydrogens is 230 g/mol. The fraction of sp³-hybridized carbons (Fsp3) is 0.636. The third-order valence-corrected chi connectivity index (χ3v) is 4.16. The second-order valence-corrected chi connectivity index (χ2v) is 6.28. The molecule has 1 saturated heterocycles. The van der Waals surface area contributed by atoms with Gasteiger partial charge in [0.2, 0.25) is 0 Å². The first-order valence-electron chi connectivity index (χ1n) is 5.24. The van der Waals surface area contributed by atoms with Crippen molar-refractivity contribution in [3.05, 3.63) is 21.3 Å². The molecule has 1 aliphatic heterocycles. The number of hydrogen-bond donors (Lipinski definition) is 1. The number of rotatable bonds is 2. The molecule has 0 saturated carbocycles. The zero-order valence-electron chi connectivity index (χ0n) is 8.87. The van der Waals surface area contributed by atoms with Crippen LogP contribution in [0.1, 0.15) is 24.6 Å². The highest BCUT2D eigenvalue weighted by molar-refractivity contribution is 7.16. The molecule has 0 amide bonds. The van der Waals surface area contributed by atoms with Crippen molar-refractivity contribution in [1.82, 2.24) is 4.90 Å². The van der Waals surface area contributed by atoms with Gasteiger partial charge >= 0.3 is 0 Å². The summed E-state index contributed by atoms with van der Waals surface area (Å²) in [5, 5.41) is 9.82. The smallest absolute Gasteiger partial charge is 0.0931 e. The lowest BCUT2D eigenvalue weighted by Gasteiger charge is -2.35. The van der Waals surface area contributed by atoms with Gasteiger partial charge in [-0.1, -0.05) is 11.6 Å². The number of aliphatic hydroxyl groups is 1. The second kappa shape index (κ2) is 4.42. The minimum atomic E-state index is -0.455. The summed E-state index contributed by atoms with van der Waals surface area (Å²) in [7, 11) is 0. The van der Waals surface area contributed by atoms with Gasteiger partial charge in [0.05, 0.1) is 9.94 Å². The van der Waals surface area contributed by atoms with E-state index in [9.17, 15) is 5.11 Å². The van der Waals surface area contributed by atoms with Crippen LogP contribution in [0.15, 0.2) is 12.1 Å². The molecule has 1 aromatic rings. The van der Waals surface area contributed by atoms with Gasteiger partial charge in [-0.05, 0) is 31.9 Å². The number of thiophene rings is 1. The first-order chi connectivity index (χ1) is 7.05. The number of halogens is 1. The van der Waals surface area contributed by atoms with E-state index in [0.29, 0.717) is 0 Å². The summed E-state index contributed by atoms with van der Waals surface area (Å²) < 4.78 is 0.856. The summed E-state index contributed by atoms with van der Waals surface area (Å²) in [5.74, 6) is 0. The first kappa shape index (κ1) is 11.4.